The molecule has 1 saturated heterocycles. The van der Waals surface area contributed by atoms with Crippen molar-refractivity contribution in [3.63, 3.8) is 0 Å². The van der Waals surface area contributed by atoms with Crippen molar-refractivity contribution in [2.24, 2.45) is 5.92 Å². The molecule has 2 aromatic carbocycles. The lowest BCUT2D eigenvalue weighted by Gasteiger charge is -2.35. The molecule has 2 aliphatic rings. The Bertz CT molecular complexity index is 1090. The molecule has 0 spiro atoms. The lowest BCUT2D eigenvalue weighted by Crippen LogP contribution is -2.48. The number of hydrogen-bond donors (Lipinski definition) is 0. The normalized spacial score (nSPS) is 16.5. The molecule has 1 aliphatic heterocycles. The Morgan fingerprint density at radius 3 is 2.31 bits per heavy atom. The van der Waals surface area contributed by atoms with Gasteiger partial charge < -0.3 is 19.4 Å². The van der Waals surface area contributed by atoms with Gasteiger partial charge in [-0.3, -0.25) is 19.7 Å². The van der Waals surface area contributed by atoms with E-state index in [2.05, 4.69) is 6.92 Å². The van der Waals surface area contributed by atoms with Gasteiger partial charge in [0.25, 0.3) is 11.6 Å². The van der Waals surface area contributed by atoms with Gasteiger partial charge in [-0.25, -0.2) is 0 Å². The number of nitro benzene ring substituents is 1. The van der Waals surface area contributed by atoms with Crippen molar-refractivity contribution in [3.05, 3.63) is 63.7 Å². The second kappa shape index (κ2) is 10.3. The smallest absolute Gasteiger partial charge is 0.293 e. The molecule has 0 aromatic heterocycles. The predicted octanol–water partition coefficient (Wildman–Crippen LogP) is 3.71. The van der Waals surface area contributed by atoms with E-state index in [-0.39, 0.29) is 23.5 Å². The number of anilines is 1. The number of amides is 2. The van der Waals surface area contributed by atoms with Gasteiger partial charge in [-0.1, -0.05) is 12.1 Å². The first-order valence-electron chi connectivity index (χ1n) is 12.0. The summed E-state index contributed by atoms with van der Waals surface area (Å²) in [7, 11) is 1.61. The van der Waals surface area contributed by atoms with Crippen LogP contribution in [0, 0.1) is 16.0 Å². The van der Waals surface area contributed by atoms with Gasteiger partial charge in [-0.05, 0) is 55.5 Å². The molecule has 2 fully saturated rings. The van der Waals surface area contributed by atoms with E-state index in [0.717, 1.165) is 24.2 Å². The fourth-order valence-electron chi connectivity index (χ4n) is 4.66. The van der Waals surface area contributed by atoms with Crippen molar-refractivity contribution in [2.75, 3.05) is 38.2 Å². The zero-order valence-corrected chi connectivity index (χ0v) is 20.5. The quantitative estimate of drug-likeness (QED) is 0.422. The van der Waals surface area contributed by atoms with Crippen molar-refractivity contribution in [1.29, 1.82) is 0 Å². The molecule has 9 nitrogen and oxygen atoms in total. The molecule has 0 N–H and O–H groups in total. The average Bonchev–Trinajstić information content (AvgIpc) is 3.72. The first-order chi connectivity index (χ1) is 16.8. The van der Waals surface area contributed by atoms with E-state index in [9.17, 15) is 19.7 Å². The number of hydrogen-bond acceptors (Lipinski definition) is 6. The molecular weight excluding hydrogens is 448 g/mol. The number of benzene rings is 2. The number of piperazine rings is 1. The first-order valence-corrected chi connectivity index (χ1v) is 12.0. The van der Waals surface area contributed by atoms with Crippen LogP contribution in [-0.2, 0) is 11.3 Å². The largest absolute Gasteiger partial charge is 0.497 e. The molecule has 1 saturated carbocycles. The number of rotatable bonds is 8. The maximum atomic E-state index is 13.6. The van der Waals surface area contributed by atoms with Gasteiger partial charge in [0.05, 0.1) is 12.0 Å². The SMILES string of the molecule is COc1ccc(CN(C(=O)c2ccc(N3CCN(C(C)=O)CC3)c([N+](=O)[O-])c2)C(C)C2CC2)cc1. The number of carbonyl (C=O) groups is 2. The molecule has 1 atom stereocenters. The Morgan fingerprint density at radius 1 is 1.11 bits per heavy atom. The van der Waals surface area contributed by atoms with E-state index in [1.54, 1.807) is 24.1 Å². The van der Waals surface area contributed by atoms with E-state index in [1.807, 2.05) is 34.1 Å². The van der Waals surface area contributed by atoms with Crippen molar-refractivity contribution < 1.29 is 19.2 Å². The Balaban J connectivity index is 1.58. The molecule has 186 valence electrons. The van der Waals surface area contributed by atoms with Crippen LogP contribution in [0.1, 0.15) is 42.6 Å². The zero-order valence-electron chi connectivity index (χ0n) is 20.5. The molecule has 9 heteroatoms. The third-order valence-corrected chi connectivity index (χ3v) is 7.05. The second-order valence-corrected chi connectivity index (χ2v) is 9.31. The van der Waals surface area contributed by atoms with Crippen LogP contribution >= 0.6 is 0 Å². The fourth-order valence-corrected chi connectivity index (χ4v) is 4.66. The Morgan fingerprint density at radius 2 is 1.77 bits per heavy atom. The van der Waals surface area contributed by atoms with Crippen LogP contribution in [0.4, 0.5) is 11.4 Å². The van der Waals surface area contributed by atoms with E-state index in [1.165, 1.54) is 13.0 Å². The molecule has 1 heterocycles. The molecule has 1 unspecified atom stereocenters. The minimum atomic E-state index is -0.429. The van der Waals surface area contributed by atoms with Crippen LogP contribution in [0.15, 0.2) is 42.5 Å². The molecule has 35 heavy (non-hydrogen) atoms. The molecule has 4 rings (SSSR count). The fraction of sp³-hybridized carbons (Fsp3) is 0.462. The van der Waals surface area contributed by atoms with E-state index in [4.69, 9.17) is 4.74 Å². The van der Waals surface area contributed by atoms with Crippen LogP contribution in [0.2, 0.25) is 0 Å². The lowest BCUT2D eigenvalue weighted by atomic mass is 10.1. The van der Waals surface area contributed by atoms with Gasteiger partial charge in [0, 0.05) is 57.3 Å². The monoisotopic (exact) mass is 480 g/mol. The Kier molecular flexibility index (Phi) is 7.23. The topological polar surface area (TPSA) is 96.2 Å². The Labute approximate surface area is 205 Å². The average molecular weight is 481 g/mol. The summed E-state index contributed by atoms with van der Waals surface area (Å²) >= 11 is 0. The van der Waals surface area contributed by atoms with Crippen molar-refractivity contribution in [3.8, 4) is 5.75 Å². The maximum Gasteiger partial charge on any atom is 0.293 e. The van der Waals surface area contributed by atoms with Gasteiger partial charge in [-0.2, -0.15) is 0 Å². The molecule has 0 radical (unpaired) electrons. The molecule has 2 aromatic rings. The third kappa shape index (κ3) is 5.55. The second-order valence-electron chi connectivity index (χ2n) is 9.31. The number of methoxy groups -OCH3 is 1. The number of ether oxygens (including phenoxy) is 1. The molecule has 1 aliphatic carbocycles. The standard InChI is InChI=1S/C26H32N4O5/c1-18(21-6-7-21)29(17-20-4-9-23(35-3)10-5-20)26(32)22-8-11-24(25(16-22)30(33)34)28-14-12-27(13-15-28)19(2)31/h4-5,8-11,16,18,21H,6-7,12-15,17H2,1-3H3. The van der Waals surface area contributed by atoms with Crippen LogP contribution in [0.25, 0.3) is 0 Å². The molecule has 2 amide bonds. The van der Waals surface area contributed by atoms with E-state index < -0.39 is 4.92 Å². The minimum absolute atomic E-state index is 0.00169. The van der Waals surface area contributed by atoms with Gasteiger partial charge in [0.2, 0.25) is 5.91 Å². The summed E-state index contributed by atoms with van der Waals surface area (Å²) in [5.41, 5.74) is 1.67. The maximum absolute atomic E-state index is 13.6. The van der Waals surface area contributed by atoms with E-state index >= 15 is 0 Å². The summed E-state index contributed by atoms with van der Waals surface area (Å²) < 4.78 is 5.23. The summed E-state index contributed by atoms with van der Waals surface area (Å²) in [5.74, 6) is 0.986. The van der Waals surface area contributed by atoms with Gasteiger partial charge in [0.15, 0.2) is 0 Å². The highest BCUT2D eigenvalue weighted by molar-refractivity contribution is 5.96. The predicted molar refractivity (Wildman–Crippen MR) is 133 cm³/mol. The van der Waals surface area contributed by atoms with Crippen LogP contribution in [0.5, 0.6) is 5.75 Å². The first kappa shape index (κ1) is 24.5. The number of nitrogens with zero attached hydrogens (tertiary/aromatic N) is 4. The van der Waals surface area contributed by atoms with Crippen LogP contribution in [-0.4, -0.2) is 65.9 Å². The third-order valence-electron chi connectivity index (χ3n) is 7.05. The minimum Gasteiger partial charge on any atom is -0.497 e. The summed E-state index contributed by atoms with van der Waals surface area (Å²) in [5, 5.41) is 12.0. The molecule has 0 bridgehead atoms. The van der Waals surface area contributed by atoms with Gasteiger partial charge in [0.1, 0.15) is 11.4 Å². The zero-order chi connectivity index (χ0) is 25.1. The van der Waals surface area contributed by atoms with Crippen molar-refractivity contribution in [1.82, 2.24) is 9.80 Å². The van der Waals surface area contributed by atoms with Gasteiger partial charge >= 0.3 is 0 Å². The lowest BCUT2D eigenvalue weighted by molar-refractivity contribution is -0.384. The van der Waals surface area contributed by atoms with Crippen LogP contribution < -0.4 is 9.64 Å². The van der Waals surface area contributed by atoms with Gasteiger partial charge in [-0.15, -0.1) is 0 Å². The van der Waals surface area contributed by atoms with E-state index in [0.29, 0.717) is 49.9 Å². The Hall–Kier alpha value is -3.62. The summed E-state index contributed by atoms with van der Waals surface area (Å²) in [4.78, 5) is 42.3. The number of carbonyl (C=O) groups excluding carboxylic acids is 2. The van der Waals surface area contributed by atoms with Crippen molar-refractivity contribution >= 4 is 23.2 Å². The van der Waals surface area contributed by atoms with Crippen molar-refractivity contribution in [2.45, 2.75) is 39.3 Å². The number of nitro groups is 1. The van der Waals surface area contributed by atoms with Crippen LogP contribution in [0.3, 0.4) is 0 Å². The highest BCUT2D eigenvalue weighted by Crippen LogP contribution is 2.37. The summed E-state index contributed by atoms with van der Waals surface area (Å²) in [6.07, 6.45) is 2.16. The molecular formula is C26H32N4O5. The highest BCUT2D eigenvalue weighted by atomic mass is 16.6. The summed E-state index contributed by atoms with van der Waals surface area (Å²) in [6, 6.07) is 12.4. The highest BCUT2D eigenvalue weighted by Gasteiger charge is 2.35. The summed E-state index contributed by atoms with van der Waals surface area (Å²) in [6.45, 7) is 6.05.